The average Bonchev–Trinajstić information content (AvgIpc) is 2.95. The molecule has 1 heterocycles. The Kier molecular flexibility index (Phi) is 5.02. The van der Waals surface area contributed by atoms with E-state index in [-0.39, 0.29) is 11.3 Å². The Bertz CT molecular complexity index is 585. The normalized spacial score (nSPS) is 11.2. The molecule has 0 saturated heterocycles. The molecule has 0 fully saturated rings. The van der Waals surface area contributed by atoms with Gasteiger partial charge in [0.25, 0.3) is 0 Å². The number of carbonyl (C=O) groups excluding carboxylic acids is 1. The lowest BCUT2D eigenvalue weighted by molar-refractivity contribution is -0.119. The van der Waals surface area contributed by atoms with Gasteiger partial charge in [-0.3, -0.25) is 4.79 Å². The Morgan fingerprint density at radius 3 is 2.57 bits per heavy atom. The number of hydrogen-bond donors (Lipinski definition) is 2. The molecule has 0 radical (unpaired) electrons. The van der Waals surface area contributed by atoms with Gasteiger partial charge in [-0.25, -0.2) is 0 Å². The summed E-state index contributed by atoms with van der Waals surface area (Å²) in [7, 11) is 0. The van der Waals surface area contributed by atoms with Gasteiger partial charge >= 0.3 is 0 Å². The fraction of sp³-hybridized carbons (Fsp3) is 0.353. The Balaban J connectivity index is 1.89. The lowest BCUT2D eigenvalue weighted by Gasteiger charge is -2.23. The van der Waals surface area contributed by atoms with E-state index in [4.69, 9.17) is 0 Å². The number of carbonyl (C=O) groups is 1. The molecule has 0 spiro atoms. The van der Waals surface area contributed by atoms with E-state index in [1.54, 1.807) is 11.3 Å². The van der Waals surface area contributed by atoms with Crippen molar-refractivity contribution in [2.75, 3.05) is 11.9 Å². The fourth-order valence-corrected chi connectivity index (χ4v) is 2.77. The van der Waals surface area contributed by atoms with Gasteiger partial charge in [0.1, 0.15) is 0 Å². The highest BCUT2D eigenvalue weighted by Gasteiger charge is 2.17. The first-order valence-corrected chi connectivity index (χ1v) is 7.97. The molecule has 21 heavy (non-hydrogen) atoms. The second-order valence-electron chi connectivity index (χ2n) is 6.01. The van der Waals surface area contributed by atoms with E-state index in [1.807, 2.05) is 35.7 Å². The van der Waals surface area contributed by atoms with Crippen LogP contribution >= 0.6 is 11.3 Å². The summed E-state index contributed by atoms with van der Waals surface area (Å²) in [6.45, 7) is 7.40. The second-order valence-corrected chi connectivity index (χ2v) is 7.04. The van der Waals surface area contributed by atoms with E-state index in [2.05, 4.69) is 37.5 Å². The SMILES string of the molecule is CC(C)(C)c1ccccc1NCC(=O)NCc1cccs1. The zero-order valence-corrected chi connectivity index (χ0v) is 13.6. The van der Waals surface area contributed by atoms with Crippen LogP contribution in [0.3, 0.4) is 0 Å². The lowest BCUT2D eigenvalue weighted by atomic mass is 9.86. The van der Waals surface area contributed by atoms with Gasteiger partial charge in [-0.15, -0.1) is 11.3 Å². The minimum atomic E-state index is 0.00659. The minimum Gasteiger partial charge on any atom is -0.376 e. The number of nitrogens with one attached hydrogen (secondary N) is 2. The Labute approximate surface area is 130 Å². The Hall–Kier alpha value is -1.81. The first-order chi connectivity index (χ1) is 9.97. The third-order valence-corrected chi connectivity index (χ3v) is 4.09. The van der Waals surface area contributed by atoms with Gasteiger partial charge in [0.15, 0.2) is 0 Å². The van der Waals surface area contributed by atoms with Crippen molar-refractivity contribution in [2.24, 2.45) is 0 Å². The molecule has 3 nitrogen and oxygen atoms in total. The van der Waals surface area contributed by atoms with E-state index < -0.39 is 0 Å². The van der Waals surface area contributed by atoms with Gasteiger partial charge < -0.3 is 10.6 Å². The molecule has 112 valence electrons. The highest BCUT2D eigenvalue weighted by atomic mass is 32.1. The summed E-state index contributed by atoms with van der Waals surface area (Å²) in [5, 5.41) is 8.18. The Morgan fingerprint density at radius 1 is 1.14 bits per heavy atom. The summed E-state index contributed by atoms with van der Waals surface area (Å²) in [5.74, 6) is 0.00659. The van der Waals surface area contributed by atoms with Gasteiger partial charge in [-0.05, 0) is 28.5 Å². The largest absolute Gasteiger partial charge is 0.376 e. The second kappa shape index (κ2) is 6.76. The van der Waals surface area contributed by atoms with E-state index in [0.717, 1.165) is 5.69 Å². The van der Waals surface area contributed by atoms with Crippen molar-refractivity contribution >= 4 is 22.9 Å². The Morgan fingerprint density at radius 2 is 1.90 bits per heavy atom. The summed E-state index contributed by atoms with van der Waals surface area (Å²) in [5.41, 5.74) is 2.30. The van der Waals surface area contributed by atoms with Crippen LogP contribution in [-0.2, 0) is 16.8 Å². The maximum atomic E-state index is 11.9. The summed E-state index contributed by atoms with van der Waals surface area (Å²) in [6.07, 6.45) is 0. The topological polar surface area (TPSA) is 41.1 Å². The third-order valence-electron chi connectivity index (χ3n) is 3.21. The van der Waals surface area contributed by atoms with Gasteiger partial charge in [-0.2, -0.15) is 0 Å². The van der Waals surface area contributed by atoms with Crippen molar-refractivity contribution in [1.82, 2.24) is 5.32 Å². The van der Waals surface area contributed by atoms with E-state index in [9.17, 15) is 4.79 Å². The van der Waals surface area contributed by atoms with Crippen molar-refractivity contribution in [2.45, 2.75) is 32.7 Å². The fourth-order valence-electron chi connectivity index (χ4n) is 2.13. The molecule has 0 bridgehead atoms. The molecule has 0 unspecified atom stereocenters. The average molecular weight is 302 g/mol. The molecule has 2 aromatic rings. The van der Waals surface area contributed by atoms with Gasteiger partial charge in [0, 0.05) is 10.6 Å². The van der Waals surface area contributed by atoms with Crippen molar-refractivity contribution in [1.29, 1.82) is 0 Å². The van der Waals surface area contributed by atoms with Crippen molar-refractivity contribution in [3.05, 3.63) is 52.2 Å². The van der Waals surface area contributed by atoms with Crippen LogP contribution in [-0.4, -0.2) is 12.5 Å². The molecule has 0 aliphatic rings. The molecule has 0 aliphatic carbocycles. The van der Waals surface area contributed by atoms with Crippen molar-refractivity contribution in [3.8, 4) is 0 Å². The zero-order valence-electron chi connectivity index (χ0n) is 12.8. The van der Waals surface area contributed by atoms with E-state index in [0.29, 0.717) is 13.1 Å². The van der Waals surface area contributed by atoms with Crippen LogP contribution in [0.5, 0.6) is 0 Å². The highest BCUT2D eigenvalue weighted by Crippen LogP contribution is 2.28. The predicted molar refractivity (Wildman–Crippen MR) is 89.8 cm³/mol. The minimum absolute atomic E-state index is 0.00659. The number of anilines is 1. The molecule has 0 saturated carbocycles. The monoisotopic (exact) mass is 302 g/mol. The maximum Gasteiger partial charge on any atom is 0.239 e. The molecule has 0 aliphatic heterocycles. The molecule has 4 heteroatoms. The summed E-state index contributed by atoms with van der Waals surface area (Å²) in [4.78, 5) is 13.1. The van der Waals surface area contributed by atoms with Crippen molar-refractivity contribution < 1.29 is 4.79 Å². The van der Waals surface area contributed by atoms with E-state index in [1.165, 1.54) is 10.4 Å². The van der Waals surface area contributed by atoms with E-state index >= 15 is 0 Å². The zero-order chi connectivity index (χ0) is 15.3. The number of thiophene rings is 1. The first-order valence-electron chi connectivity index (χ1n) is 7.09. The van der Waals surface area contributed by atoms with Gasteiger partial charge in [-0.1, -0.05) is 45.0 Å². The van der Waals surface area contributed by atoms with Crippen LogP contribution in [0, 0.1) is 0 Å². The molecule has 1 amide bonds. The number of amides is 1. The van der Waals surface area contributed by atoms with Gasteiger partial charge in [0.2, 0.25) is 5.91 Å². The quantitative estimate of drug-likeness (QED) is 0.882. The van der Waals surface area contributed by atoms with Crippen LogP contribution in [0.25, 0.3) is 0 Å². The molecular weight excluding hydrogens is 280 g/mol. The lowest BCUT2D eigenvalue weighted by Crippen LogP contribution is -2.29. The molecule has 2 rings (SSSR count). The number of benzene rings is 1. The van der Waals surface area contributed by atoms with Crippen LogP contribution < -0.4 is 10.6 Å². The van der Waals surface area contributed by atoms with Crippen molar-refractivity contribution in [3.63, 3.8) is 0 Å². The molecule has 1 aromatic carbocycles. The van der Waals surface area contributed by atoms with Crippen LogP contribution in [0.1, 0.15) is 31.2 Å². The summed E-state index contributed by atoms with van der Waals surface area (Å²) >= 11 is 1.65. The summed E-state index contributed by atoms with van der Waals surface area (Å²) in [6, 6.07) is 12.2. The smallest absolute Gasteiger partial charge is 0.239 e. The molecule has 0 atom stereocenters. The predicted octanol–water partition coefficient (Wildman–Crippen LogP) is 3.77. The third kappa shape index (κ3) is 4.60. The number of para-hydroxylation sites is 1. The van der Waals surface area contributed by atoms with Crippen LogP contribution in [0.4, 0.5) is 5.69 Å². The molecular formula is C17H22N2OS. The number of hydrogen-bond acceptors (Lipinski definition) is 3. The summed E-state index contributed by atoms with van der Waals surface area (Å²) < 4.78 is 0. The number of rotatable bonds is 5. The standard InChI is InChI=1S/C17H22N2OS/c1-17(2,3)14-8-4-5-9-15(14)18-12-16(20)19-11-13-7-6-10-21-13/h4-10,18H,11-12H2,1-3H3,(H,19,20). The molecule has 2 N–H and O–H groups in total. The maximum absolute atomic E-state index is 11.9. The van der Waals surface area contributed by atoms with Crippen LogP contribution in [0.15, 0.2) is 41.8 Å². The van der Waals surface area contributed by atoms with Crippen LogP contribution in [0.2, 0.25) is 0 Å². The molecule has 1 aromatic heterocycles. The van der Waals surface area contributed by atoms with Gasteiger partial charge in [0.05, 0.1) is 13.1 Å². The first kappa shape index (κ1) is 15.6. The highest BCUT2D eigenvalue weighted by molar-refractivity contribution is 7.09.